The maximum Gasteiger partial charge on any atom is 0.349 e. The van der Waals surface area contributed by atoms with Gasteiger partial charge in [0.15, 0.2) is 0 Å². The molecule has 2 unspecified atom stereocenters. The van der Waals surface area contributed by atoms with Crippen LogP contribution < -0.4 is 0 Å². The van der Waals surface area contributed by atoms with Crippen molar-refractivity contribution in [1.29, 1.82) is 0 Å². The first kappa shape index (κ1) is 54.1. The lowest BCUT2D eigenvalue weighted by atomic mass is 9.79. The molecule has 0 bridgehead atoms. The fourth-order valence-electron chi connectivity index (χ4n) is 8.38. The topological polar surface area (TPSA) is 84.2 Å². The van der Waals surface area contributed by atoms with Crippen LogP contribution in [0.4, 0.5) is 0 Å². The first-order chi connectivity index (χ1) is 28.3. The lowest BCUT2D eigenvalue weighted by Crippen LogP contribution is -2.43. The average molecular weight is 861 g/mol. The number of phenolic OH excluding ortho intramolecular Hbond substituents is 2. The normalized spacial score (nSPS) is 13.7. The van der Waals surface area contributed by atoms with E-state index in [1.54, 1.807) is 0 Å². The Labute approximate surface area is 380 Å². The highest BCUT2D eigenvalue weighted by atomic mass is 16.3. The second-order valence-electron chi connectivity index (χ2n) is 22.6. The minimum Gasteiger partial charge on any atom is -0.507 e. The lowest BCUT2D eigenvalue weighted by molar-refractivity contribution is -0.475. The van der Waals surface area contributed by atoms with E-state index in [0.717, 1.165) is 85.8 Å². The van der Waals surface area contributed by atoms with Crippen LogP contribution in [-0.4, -0.2) is 159 Å². The lowest BCUT2D eigenvalue weighted by Gasteiger charge is -2.27. The van der Waals surface area contributed by atoms with E-state index in [0.29, 0.717) is 11.5 Å². The Hall–Kier alpha value is -4.08. The number of rotatable bonds is 15. The second-order valence-corrected chi connectivity index (χ2v) is 22.6. The van der Waals surface area contributed by atoms with Gasteiger partial charge in [-0.3, -0.25) is 38.7 Å². The van der Waals surface area contributed by atoms with E-state index >= 15 is 0 Å². The number of benzene rings is 2. The van der Waals surface area contributed by atoms with Crippen LogP contribution in [0.15, 0.2) is 34.3 Å². The van der Waals surface area contributed by atoms with Crippen LogP contribution in [0.3, 0.4) is 0 Å². The molecule has 0 amide bonds. The number of hydrogen-bond acceptors (Lipinski definition) is 4. The summed E-state index contributed by atoms with van der Waals surface area (Å²) in [7, 11) is 21.0. The van der Waals surface area contributed by atoms with Gasteiger partial charge < -0.3 is 10.2 Å². The molecule has 0 aliphatic heterocycles. The van der Waals surface area contributed by atoms with Gasteiger partial charge in [0.05, 0.1) is 95.6 Å². The molecule has 0 spiro atoms. The maximum absolute atomic E-state index is 11.8. The number of unbranched alkanes of at least 4 members (excludes halogenated alkanes) is 2. The summed E-state index contributed by atoms with van der Waals surface area (Å²) in [5.41, 5.74) is 4.96. The molecule has 0 aromatic heterocycles. The predicted octanol–water partition coefficient (Wildman–Crippen LogP) is 9.15. The van der Waals surface area contributed by atoms with Crippen molar-refractivity contribution in [2.75, 3.05) is 83.6 Å². The fourth-order valence-corrected chi connectivity index (χ4v) is 8.38. The van der Waals surface area contributed by atoms with Gasteiger partial charge in [-0.15, -0.1) is 0 Å². The summed E-state index contributed by atoms with van der Waals surface area (Å²) in [4.78, 5) is 19.8. The zero-order chi connectivity index (χ0) is 47.7. The molecule has 2 aromatic carbocycles. The summed E-state index contributed by atoms with van der Waals surface area (Å²) < 4.78 is 4.32. The van der Waals surface area contributed by atoms with E-state index in [9.17, 15) is 10.2 Å². The van der Waals surface area contributed by atoms with Gasteiger partial charge in [-0.2, -0.15) is 0 Å². The summed E-state index contributed by atoms with van der Waals surface area (Å²) in [5.74, 6) is 2.90. The first-order valence-electron chi connectivity index (χ1n) is 23.0. The van der Waals surface area contributed by atoms with Gasteiger partial charge in [-0.1, -0.05) is 95.2 Å². The Morgan fingerprint density at radius 2 is 0.823 bits per heavy atom. The second kappa shape index (κ2) is 22.0. The number of guanidine groups is 2. The largest absolute Gasteiger partial charge is 0.507 e. The highest BCUT2D eigenvalue weighted by Crippen LogP contribution is 2.39. The number of aliphatic imine (C=N–C) groups is 2. The molecule has 2 aromatic rings. The smallest absolute Gasteiger partial charge is 0.349 e. The maximum atomic E-state index is 11.8. The molecule has 0 aliphatic carbocycles. The van der Waals surface area contributed by atoms with E-state index in [4.69, 9.17) is 9.98 Å². The van der Waals surface area contributed by atoms with Crippen molar-refractivity contribution >= 4 is 24.3 Å². The van der Waals surface area contributed by atoms with Crippen molar-refractivity contribution in [2.45, 2.75) is 155 Å². The third-order valence-electron chi connectivity index (χ3n) is 11.7. The summed E-state index contributed by atoms with van der Waals surface area (Å²) in [6.07, 6.45) is 9.40. The summed E-state index contributed by atoms with van der Waals surface area (Å²) in [6, 6.07) is 8.24. The standard InChI is InChI=1S/C52H90N8O2/c1-49(2,3)39-31-37(45(61)41(33-39)51(7,8)9)35-53-43(27-23-25-29-59(21)47(55(13)14)56(15)16)44(28-24-26-30-60(22)48(57(17)18)58(19)20)54-36-38-32-40(50(4,5)6)34-42(46(38)62)52(10,11)12/h31-36,43-44H,23-30H2,1-22H3/p+2. The van der Waals surface area contributed by atoms with Crippen LogP contribution in [0.5, 0.6) is 11.5 Å². The van der Waals surface area contributed by atoms with E-state index < -0.39 is 0 Å². The minimum atomic E-state index is -0.250. The van der Waals surface area contributed by atoms with Crippen LogP contribution >= 0.6 is 0 Å². The van der Waals surface area contributed by atoms with E-state index in [-0.39, 0.29) is 33.7 Å². The molecule has 10 nitrogen and oxygen atoms in total. The molecule has 0 fully saturated rings. The Morgan fingerprint density at radius 3 is 1.06 bits per heavy atom. The number of hydrogen-bond donors (Lipinski definition) is 2. The molecule has 10 heteroatoms. The molecule has 2 rings (SSSR count). The van der Waals surface area contributed by atoms with Crippen LogP contribution in [0.25, 0.3) is 0 Å². The molecular formula is C52H92N8O2+2. The first-order valence-corrected chi connectivity index (χ1v) is 23.0. The van der Waals surface area contributed by atoms with Crippen molar-refractivity contribution in [2.24, 2.45) is 9.98 Å². The Morgan fingerprint density at radius 1 is 0.516 bits per heavy atom. The van der Waals surface area contributed by atoms with Gasteiger partial charge in [0.25, 0.3) is 0 Å². The van der Waals surface area contributed by atoms with Gasteiger partial charge >= 0.3 is 11.9 Å². The van der Waals surface area contributed by atoms with Crippen LogP contribution in [-0.2, 0) is 21.7 Å². The van der Waals surface area contributed by atoms with Crippen molar-refractivity contribution < 1.29 is 19.4 Å². The van der Waals surface area contributed by atoms with Crippen molar-refractivity contribution in [3.63, 3.8) is 0 Å². The third kappa shape index (κ3) is 15.6. The monoisotopic (exact) mass is 861 g/mol. The van der Waals surface area contributed by atoms with Crippen molar-refractivity contribution in [1.82, 2.24) is 19.6 Å². The third-order valence-corrected chi connectivity index (χ3v) is 11.7. The van der Waals surface area contributed by atoms with E-state index in [2.05, 4.69) is 207 Å². The van der Waals surface area contributed by atoms with Crippen LogP contribution in [0.1, 0.15) is 155 Å². The van der Waals surface area contributed by atoms with Crippen LogP contribution in [0.2, 0.25) is 0 Å². The zero-order valence-corrected chi connectivity index (χ0v) is 43.7. The highest BCUT2D eigenvalue weighted by molar-refractivity contribution is 5.86. The van der Waals surface area contributed by atoms with Crippen LogP contribution in [0, 0.1) is 0 Å². The molecule has 350 valence electrons. The average Bonchev–Trinajstić information content (AvgIpc) is 3.09. The SMILES string of the molecule is CN(C)C(N(C)CCCCC(N=Cc1cc(C(C)(C)C)cc(C(C)(C)C)c1O)C(CCCCN(C)C(N(C)C)=[N+](C)C)N=Cc1cc(C(C)(C)C)cc(C(C)(C)C)c1O)=[N+](C)C. The fraction of sp³-hybridized carbons (Fsp3) is 0.692. The number of aromatic hydroxyl groups is 2. The summed E-state index contributed by atoms with van der Waals surface area (Å²) >= 11 is 0. The zero-order valence-electron chi connectivity index (χ0n) is 43.7. The summed E-state index contributed by atoms with van der Waals surface area (Å²) in [5, 5.41) is 23.6. The predicted molar refractivity (Wildman–Crippen MR) is 268 cm³/mol. The van der Waals surface area contributed by atoms with Crippen molar-refractivity contribution in [3.8, 4) is 11.5 Å². The molecule has 0 saturated carbocycles. The van der Waals surface area contributed by atoms with Gasteiger partial charge in [-0.05, 0) is 83.4 Å². The molecule has 0 saturated heterocycles. The van der Waals surface area contributed by atoms with Crippen molar-refractivity contribution in [3.05, 3.63) is 57.6 Å². The van der Waals surface area contributed by atoms with Gasteiger partial charge in [-0.25, -0.2) is 0 Å². The van der Waals surface area contributed by atoms with Gasteiger partial charge in [0, 0.05) is 34.7 Å². The van der Waals surface area contributed by atoms with E-state index in [1.807, 2.05) is 12.4 Å². The molecule has 0 radical (unpaired) electrons. The minimum absolute atomic E-state index is 0.108. The highest BCUT2D eigenvalue weighted by Gasteiger charge is 2.28. The summed E-state index contributed by atoms with van der Waals surface area (Å²) in [6.45, 7) is 28.0. The van der Waals surface area contributed by atoms with Gasteiger partial charge in [0.1, 0.15) is 11.5 Å². The molecule has 0 heterocycles. The Balaban J connectivity index is 2.82. The molecular weight excluding hydrogens is 769 g/mol. The molecule has 62 heavy (non-hydrogen) atoms. The Kier molecular flexibility index (Phi) is 19.2. The van der Waals surface area contributed by atoms with Gasteiger partial charge in [0.2, 0.25) is 0 Å². The quantitative estimate of drug-likeness (QED) is 0.0805. The molecule has 2 N–H and O–H groups in total. The molecule has 0 aliphatic rings. The number of nitrogens with zero attached hydrogens (tertiary/aromatic N) is 8. The van der Waals surface area contributed by atoms with E-state index in [1.165, 1.54) is 11.1 Å². The molecule has 2 atom stereocenters. The Bertz CT molecular complexity index is 1750. The number of phenols is 2.